The fourth-order valence-electron chi connectivity index (χ4n) is 4.87. The van der Waals surface area contributed by atoms with Crippen molar-refractivity contribution in [1.82, 2.24) is 25.2 Å². The molecule has 5 rings (SSSR count). The number of nitrogens with one attached hydrogen (secondary N) is 2. The lowest BCUT2D eigenvalue weighted by atomic mass is 9.97. The molecule has 2 aliphatic carbocycles. The fourth-order valence-corrected chi connectivity index (χ4v) is 4.87. The van der Waals surface area contributed by atoms with Gasteiger partial charge >= 0.3 is 12.4 Å². The Bertz CT molecular complexity index is 1400. The average molecular weight is 634 g/mol. The van der Waals surface area contributed by atoms with Crippen molar-refractivity contribution in [2.75, 3.05) is 0 Å². The number of benzene rings is 1. The molecule has 2 aromatic heterocycles. The second-order valence-electron chi connectivity index (χ2n) is 11.0. The minimum Gasteiger partial charge on any atom is -0.349 e. The van der Waals surface area contributed by atoms with E-state index in [0.717, 1.165) is 6.42 Å². The first kappa shape index (κ1) is 33.1. The number of halogens is 8. The van der Waals surface area contributed by atoms with E-state index in [1.54, 1.807) is 42.6 Å². The van der Waals surface area contributed by atoms with Crippen LogP contribution in [0.2, 0.25) is 0 Å². The third kappa shape index (κ3) is 9.36. The van der Waals surface area contributed by atoms with Gasteiger partial charge in [0.05, 0.1) is 30.7 Å². The molecule has 1 unspecified atom stereocenters. The van der Waals surface area contributed by atoms with Crippen molar-refractivity contribution in [1.29, 1.82) is 0 Å². The Morgan fingerprint density at radius 2 is 1.61 bits per heavy atom. The van der Waals surface area contributed by atoms with Crippen molar-refractivity contribution in [3.05, 3.63) is 65.6 Å². The van der Waals surface area contributed by atoms with Gasteiger partial charge in [0.2, 0.25) is 11.8 Å². The first-order valence-electron chi connectivity index (χ1n) is 14.1. The molecule has 2 heterocycles. The van der Waals surface area contributed by atoms with Crippen molar-refractivity contribution in [3.8, 4) is 0 Å². The van der Waals surface area contributed by atoms with Crippen molar-refractivity contribution >= 4 is 17.5 Å². The molecule has 15 heteroatoms. The van der Waals surface area contributed by atoms with Crippen LogP contribution in [0.15, 0.2) is 48.8 Å². The van der Waals surface area contributed by atoms with Crippen LogP contribution in [0.25, 0.3) is 5.65 Å². The topological polar surface area (TPSA) is 88.4 Å². The van der Waals surface area contributed by atoms with E-state index in [1.807, 2.05) is 0 Å². The number of rotatable bonds is 8. The Labute approximate surface area is 247 Å². The lowest BCUT2D eigenvalue weighted by molar-refractivity contribution is -0.284. The normalized spacial score (nSPS) is 17.5. The highest BCUT2D eigenvalue weighted by Crippen LogP contribution is 2.43. The minimum absolute atomic E-state index is 0.103. The Morgan fingerprint density at radius 1 is 0.977 bits per heavy atom. The van der Waals surface area contributed by atoms with E-state index < -0.39 is 42.6 Å². The van der Waals surface area contributed by atoms with Gasteiger partial charge in [0.15, 0.2) is 11.6 Å². The second kappa shape index (κ2) is 13.5. The number of carbonyl (C=O) groups excluding carboxylic acids is 2. The van der Waals surface area contributed by atoms with E-state index in [1.165, 1.54) is 10.7 Å². The summed E-state index contributed by atoms with van der Waals surface area (Å²) in [7, 11) is 0. The molecular weight excluding hydrogens is 602 g/mol. The maximum atomic E-state index is 12.8. The summed E-state index contributed by atoms with van der Waals surface area (Å²) in [6.07, 6.45) is -6.00. The van der Waals surface area contributed by atoms with E-state index in [4.69, 9.17) is 0 Å². The molecule has 7 nitrogen and oxygen atoms in total. The Morgan fingerprint density at radius 3 is 2.16 bits per heavy atom. The molecule has 2 fully saturated rings. The highest BCUT2D eigenvalue weighted by Gasteiger charge is 2.57. The Hall–Kier alpha value is -3.78. The van der Waals surface area contributed by atoms with Crippen LogP contribution in [0.5, 0.6) is 0 Å². The quantitative estimate of drug-likeness (QED) is 0.263. The van der Waals surface area contributed by atoms with Crippen LogP contribution >= 0.6 is 0 Å². The molecule has 0 saturated heterocycles. The van der Waals surface area contributed by atoms with E-state index in [2.05, 4.69) is 20.7 Å². The molecule has 0 radical (unpaired) electrons. The highest BCUT2D eigenvalue weighted by molar-refractivity contribution is 5.94. The number of hydrogen-bond acceptors (Lipinski definition) is 4. The zero-order valence-electron chi connectivity index (χ0n) is 23.4. The van der Waals surface area contributed by atoms with Crippen molar-refractivity contribution in [3.63, 3.8) is 0 Å². The van der Waals surface area contributed by atoms with Crippen LogP contribution in [0.1, 0.15) is 79.0 Å². The van der Waals surface area contributed by atoms with Gasteiger partial charge in [0, 0.05) is 24.8 Å². The van der Waals surface area contributed by atoms with Crippen LogP contribution in [0, 0.1) is 11.8 Å². The number of carbonyl (C=O) groups is 2. The monoisotopic (exact) mass is 633 g/mol. The number of nitrogens with zero attached hydrogens (tertiary/aromatic N) is 3. The smallest absolute Gasteiger partial charge is 0.349 e. The Kier molecular flexibility index (Phi) is 10.1. The van der Waals surface area contributed by atoms with Gasteiger partial charge in [0.25, 0.3) is 5.91 Å². The molecule has 0 bridgehead atoms. The molecule has 44 heavy (non-hydrogen) atoms. The van der Waals surface area contributed by atoms with E-state index in [0.29, 0.717) is 48.2 Å². The summed E-state index contributed by atoms with van der Waals surface area (Å²) in [5.74, 6) is -7.84. The molecule has 2 amide bonds. The van der Waals surface area contributed by atoms with Crippen LogP contribution in [-0.2, 0) is 11.3 Å². The summed E-state index contributed by atoms with van der Waals surface area (Å²) in [5.41, 5.74) is 1.72. The first-order valence-corrected chi connectivity index (χ1v) is 14.1. The molecule has 2 saturated carbocycles. The summed E-state index contributed by atoms with van der Waals surface area (Å²) < 4.78 is 103. The van der Waals surface area contributed by atoms with Gasteiger partial charge in [-0.3, -0.25) is 9.59 Å². The molecule has 0 spiro atoms. The molecule has 240 valence electrons. The standard InChI is InChI=1S/C23H21F6N5O2.C6H10F2/c24-22(25,26)17(23(27,28)29)9-19(35)33-20(13-6-7-13)15-8-18-32-16(12-34(18)31-10-15)11-30-21(36)14-4-2-1-3-5-14;7-6(8)4-2-1-3-5-6/h1-5,8,10,12-13,17,20H,6-7,9,11H2,(H,30,36)(H,33,35);1-5H2. The third-order valence-electron chi connectivity index (χ3n) is 7.39. The SMILES string of the molecule is FC1(F)CCCCC1.O=C(CC(C(F)(F)F)C(F)(F)F)NC(c1cnn2cc(CNC(=O)c3ccccc3)nc2c1)C1CC1. The van der Waals surface area contributed by atoms with E-state index in [9.17, 15) is 44.7 Å². The number of fused-ring (bicyclic) bond motifs is 1. The maximum absolute atomic E-state index is 12.8. The molecule has 1 atom stereocenters. The van der Waals surface area contributed by atoms with E-state index in [-0.39, 0.29) is 31.2 Å². The molecule has 2 N–H and O–H groups in total. The summed E-state index contributed by atoms with van der Waals surface area (Å²) in [6.45, 7) is 0.103. The van der Waals surface area contributed by atoms with Gasteiger partial charge in [-0.2, -0.15) is 31.4 Å². The predicted molar refractivity (Wildman–Crippen MR) is 142 cm³/mol. The van der Waals surface area contributed by atoms with Gasteiger partial charge in [-0.15, -0.1) is 0 Å². The van der Waals surface area contributed by atoms with Gasteiger partial charge in [-0.05, 0) is 55.4 Å². The molecular formula is C29H31F8N5O2. The van der Waals surface area contributed by atoms with Crippen molar-refractivity contribution < 1.29 is 44.7 Å². The van der Waals surface area contributed by atoms with Gasteiger partial charge < -0.3 is 10.6 Å². The number of alkyl halides is 8. The number of aromatic nitrogens is 3. The zero-order chi connectivity index (χ0) is 32.1. The molecule has 3 aromatic rings. The maximum Gasteiger partial charge on any atom is 0.400 e. The van der Waals surface area contributed by atoms with Gasteiger partial charge in [-0.25, -0.2) is 18.3 Å². The first-order chi connectivity index (χ1) is 20.6. The Balaban J connectivity index is 0.000000479. The van der Waals surface area contributed by atoms with Gasteiger partial charge in [0.1, 0.15) is 0 Å². The third-order valence-corrected chi connectivity index (χ3v) is 7.39. The highest BCUT2D eigenvalue weighted by atomic mass is 19.4. The summed E-state index contributed by atoms with van der Waals surface area (Å²) in [5, 5.41) is 9.25. The number of imidazole rings is 1. The van der Waals surface area contributed by atoms with E-state index >= 15 is 0 Å². The average Bonchev–Trinajstić information content (AvgIpc) is 3.71. The van der Waals surface area contributed by atoms with Crippen LogP contribution < -0.4 is 10.6 Å². The number of hydrogen-bond donors (Lipinski definition) is 2. The molecule has 1 aromatic carbocycles. The summed E-state index contributed by atoms with van der Waals surface area (Å²) >= 11 is 0. The molecule has 2 aliphatic rings. The van der Waals surface area contributed by atoms with Gasteiger partial charge in [-0.1, -0.05) is 24.6 Å². The zero-order valence-corrected chi connectivity index (χ0v) is 23.4. The van der Waals surface area contributed by atoms with Crippen LogP contribution in [-0.4, -0.2) is 44.7 Å². The lowest BCUT2D eigenvalue weighted by Gasteiger charge is -2.24. The number of amides is 2. The minimum atomic E-state index is -5.59. The van der Waals surface area contributed by atoms with Crippen molar-refractivity contribution in [2.45, 2.75) is 82.2 Å². The van der Waals surface area contributed by atoms with Crippen LogP contribution in [0.4, 0.5) is 35.1 Å². The fraction of sp³-hybridized carbons (Fsp3) is 0.517. The summed E-state index contributed by atoms with van der Waals surface area (Å²) in [6, 6.07) is 9.32. The molecule has 0 aliphatic heterocycles. The van der Waals surface area contributed by atoms with Crippen LogP contribution in [0.3, 0.4) is 0 Å². The predicted octanol–water partition coefficient (Wildman–Crippen LogP) is 6.94. The lowest BCUT2D eigenvalue weighted by Crippen LogP contribution is -2.41. The largest absolute Gasteiger partial charge is 0.400 e. The second-order valence-corrected chi connectivity index (χ2v) is 11.0. The van der Waals surface area contributed by atoms with Crippen molar-refractivity contribution in [2.24, 2.45) is 11.8 Å². The summed E-state index contributed by atoms with van der Waals surface area (Å²) in [4.78, 5) is 28.8.